The Balaban J connectivity index is 2.17. The lowest BCUT2D eigenvalue weighted by Gasteiger charge is -2.31. The summed E-state index contributed by atoms with van der Waals surface area (Å²) < 4.78 is 0. The van der Waals surface area contributed by atoms with Gasteiger partial charge in [-0.05, 0) is 48.2 Å². The highest BCUT2D eigenvalue weighted by atomic mass is 35.5. The Bertz CT molecular complexity index is 942. The molecule has 2 aromatic rings. The molecule has 0 aromatic heterocycles. The van der Waals surface area contributed by atoms with Gasteiger partial charge in [0.25, 0.3) is 0 Å². The minimum Gasteiger partial charge on any atom is -0.354 e. The maximum Gasteiger partial charge on any atom is 0.242 e. The molecule has 0 saturated heterocycles. The normalized spacial score (nSPS) is 11.8. The second kappa shape index (κ2) is 13.6. The Morgan fingerprint density at radius 3 is 2.09 bits per heavy atom. The number of nitrogens with one attached hydrogen (secondary N) is 1. The zero-order valence-electron chi connectivity index (χ0n) is 18.0. The molecule has 1 unspecified atom stereocenters. The van der Waals surface area contributed by atoms with Crippen LogP contribution in [0.4, 0.5) is 0 Å². The maximum atomic E-state index is 13.2. The number of hydrogen-bond donors (Lipinski definition) is 1. The molecule has 0 aliphatic heterocycles. The Kier molecular flexibility index (Phi) is 11.5. The largest absolute Gasteiger partial charge is 0.354 e. The third-order valence-corrected chi connectivity index (χ3v) is 6.93. The molecule has 2 rings (SSSR count). The van der Waals surface area contributed by atoms with Crippen molar-refractivity contribution in [3.05, 3.63) is 67.6 Å². The van der Waals surface area contributed by atoms with Crippen LogP contribution in [0.1, 0.15) is 37.8 Å². The first-order chi connectivity index (χ1) is 15.3. The smallest absolute Gasteiger partial charge is 0.242 e. The van der Waals surface area contributed by atoms with Crippen LogP contribution in [0.15, 0.2) is 36.4 Å². The third kappa shape index (κ3) is 8.03. The monoisotopic (exact) mass is 534 g/mol. The zero-order chi connectivity index (χ0) is 23.7. The van der Waals surface area contributed by atoms with Crippen molar-refractivity contribution >= 4 is 70.0 Å². The fourth-order valence-electron chi connectivity index (χ4n) is 3.09. The number of nitrogens with zero attached hydrogens (tertiary/aromatic N) is 1. The third-order valence-electron chi connectivity index (χ3n) is 4.79. The summed E-state index contributed by atoms with van der Waals surface area (Å²) in [6.45, 7) is 4.65. The molecule has 1 N–H and O–H groups in total. The molecule has 4 nitrogen and oxygen atoms in total. The van der Waals surface area contributed by atoms with Crippen LogP contribution in [0.3, 0.4) is 0 Å². The Labute approximate surface area is 213 Å². The number of amides is 2. The van der Waals surface area contributed by atoms with Crippen LogP contribution in [0.25, 0.3) is 0 Å². The summed E-state index contributed by atoms with van der Waals surface area (Å²) in [4.78, 5) is 27.6. The second-order valence-electron chi connectivity index (χ2n) is 7.20. The van der Waals surface area contributed by atoms with E-state index < -0.39 is 6.04 Å². The van der Waals surface area contributed by atoms with Gasteiger partial charge < -0.3 is 10.2 Å². The van der Waals surface area contributed by atoms with Crippen LogP contribution in [0.5, 0.6) is 0 Å². The number of halogens is 4. The van der Waals surface area contributed by atoms with Gasteiger partial charge in [0.05, 0.1) is 5.75 Å². The summed E-state index contributed by atoms with van der Waals surface area (Å²) in [5.41, 5.74) is 1.63. The van der Waals surface area contributed by atoms with Gasteiger partial charge in [0, 0.05) is 38.9 Å². The first-order valence-corrected chi connectivity index (χ1v) is 13.0. The lowest BCUT2D eigenvalue weighted by Crippen LogP contribution is -2.49. The van der Waals surface area contributed by atoms with Crippen molar-refractivity contribution < 1.29 is 9.59 Å². The second-order valence-corrected chi connectivity index (χ2v) is 9.87. The molecule has 0 radical (unpaired) electrons. The number of hydrogen-bond acceptors (Lipinski definition) is 3. The van der Waals surface area contributed by atoms with Gasteiger partial charge in [-0.2, -0.15) is 0 Å². The molecule has 0 aliphatic carbocycles. The summed E-state index contributed by atoms with van der Waals surface area (Å²) in [6.07, 6.45) is 1.30. The van der Waals surface area contributed by atoms with Gasteiger partial charge in [0.2, 0.25) is 11.8 Å². The summed E-state index contributed by atoms with van der Waals surface area (Å²) in [5.74, 6) is 0.431. The first-order valence-electron chi connectivity index (χ1n) is 10.3. The highest BCUT2D eigenvalue weighted by Gasteiger charge is 2.28. The van der Waals surface area contributed by atoms with Gasteiger partial charge in [0.15, 0.2) is 0 Å². The minimum absolute atomic E-state index is 0.149. The van der Waals surface area contributed by atoms with Gasteiger partial charge in [0.1, 0.15) is 6.04 Å². The van der Waals surface area contributed by atoms with E-state index in [1.807, 2.05) is 19.9 Å². The molecule has 0 aliphatic rings. The lowest BCUT2D eigenvalue weighted by molar-refractivity contribution is -0.139. The lowest BCUT2D eigenvalue weighted by atomic mass is 10.1. The van der Waals surface area contributed by atoms with E-state index in [9.17, 15) is 9.59 Å². The van der Waals surface area contributed by atoms with E-state index in [0.29, 0.717) is 38.8 Å². The number of carbonyl (C=O) groups excluding carboxylic acids is 2. The van der Waals surface area contributed by atoms with E-state index in [1.165, 1.54) is 11.8 Å². The van der Waals surface area contributed by atoms with Crippen molar-refractivity contribution in [1.82, 2.24) is 10.2 Å². The molecule has 1 atom stereocenters. The SMILES string of the molecule is CCCNC(=O)C(CC)N(Cc1ccc(Cl)cc1Cl)C(=O)CSCc1ccc(Cl)cc1Cl. The molecule has 9 heteroatoms. The molecule has 0 bridgehead atoms. The summed E-state index contributed by atoms with van der Waals surface area (Å²) in [5, 5.41) is 5.00. The molecule has 32 heavy (non-hydrogen) atoms. The molecular formula is C23H26Cl4N2O2S. The molecular weight excluding hydrogens is 510 g/mol. The van der Waals surface area contributed by atoms with Gasteiger partial charge in [-0.1, -0.05) is 72.4 Å². The van der Waals surface area contributed by atoms with Crippen LogP contribution in [-0.4, -0.2) is 35.1 Å². The zero-order valence-corrected chi connectivity index (χ0v) is 21.8. The van der Waals surface area contributed by atoms with E-state index in [0.717, 1.165) is 17.5 Å². The van der Waals surface area contributed by atoms with Crippen molar-refractivity contribution in [1.29, 1.82) is 0 Å². The average molecular weight is 536 g/mol. The van der Waals surface area contributed by atoms with E-state index in [1.54, 1.807) is 35.2 Å². The summed E-state index contributed by atoms with van der Waals surface area (Å²) >= 11 is 26.0. The Morgan fingerprint density at radius 1 is 0.969 bits per heavy atom. The molecule has 2 amide bonds. The Morgan fingerprint density at radius 2 is 1.56 bits per heavy atom. The molecule has 0 spiro atoms. The van der Waals surface area contributed by atoms with E-state index in [4.69, 9.17) is 46.4 Å². The fourth-order valence-corrected chi connectivity index (χ4v) is 5.03. The average Bonchev–Trinajstić information content (AvgIpc) is 2.75. The van der Waals surface area contributed by atoms with E-state index >= 15 is 0 Å². The number of benzene rings is 2. The van der Waals surface area contributed by atoms with Crippen LogP contribution in [0.2, 0.25) is 20.1 Å². The molecule has 174 valence electrons. The van der Waals surface area contributed by atoms with E-state index in [-0.39, 0.29) is 24.1 Å². The highest BCUT2D eigenvalue weighted by Crippen LogP contribution is 2.27. The van der Waals surface area contributed by atoms with Crippen LogP contribution in [0, 0.1) is 0 Å². The molecule has 0 heterocycles. The van der Waals surface area contributed by atoms with Crippen molar-refractivity contribution in [2.45, 2.75) is 45.0 Å². The highest BCUT2D eigenvalue weighted by molar-refractivity contribution is 7.99. The molecule has 0 fully saturated rings. The predicted molar refractivity (Wildman–Crippen MR) is 137 cm³/mol. The topological polar surface area (TPSA) is 49.4 Å². The van der Waals surface area contributed by atoms with Gasteiger partial charge in [-0.15, -0.1) is 11.8 Å². The van der Waals surface area contributed by atoms with Gasteiger partial charge >= 0.3 is 0 Å². The molecule has 0 saturated carbocycles. The number of rotatable bonds is 11. The predicted octanol–water partition coefficient (Wildman–Crippen LogP) is 6.87. The fraction of sp³-hybridized carbons (Fsp3) is 0.391. The standard InChI is InChI=1S/C23H26Cl4N2O2S/c1-3-9-28-23(31)21(4-2)29(12-15-5-7-17(24)10-19(15)26)22(30)14-32-13-16-6-8-18(25)11-20(16)27/h5-8,10-11,21H,3-4,9,12-14H2,1-2H3,(H,28,31). The first kappa shape index (κ1) is 27.1. The van der Waals surface area contributed by atoms with Crippen molar-refractivity contribution in [2.24, 2.45) is 0 Å². The Hall–Kier alpha value is -1.11. The van der Waals surface area contributed by atoms with Crippen LogP contribution in [-0.2, 0) is 21.9 Å². The summed E-state index contributed by atoms with van der Waals surface area (Å²) in [7, 11) is 0. The van der Waals surface area contributed by atoms with Gasteiger partial charge in [-0.25, -0.2) is 0 Å². The quantitative estimate of drug-likeness (QED) is 0.341. The van der Waals surface area contributed by atoms with E-state index in [2.05, 4.69) is 5.32 Å². The van der Waals surface area contributed by atoms with Crippen molar-refractivity contribution in [3.63, 3.8) is 0 Å². The summed E-state index contributed by atoms with van der Waals surface area (Å²) in [6, 6.07) is 9.84. The maximum absolute atomic E-state index is 13.2. The molecule has 2 aromatic carbocycles. The van der Waals surface area contributed by atoms with Crippen molar-refractivity contribution in [2.75, 3.05) is 12.3 Å². The van der Waals surface area contributed by atoms with Crippen LogP contribution >= 0.6 is 58.2 Å². The van der Waals surface area contributed by atoms with Crippen LogP contribution < -0.4 is 5.32 Å². The minimum atomic E-state index is -0.597. The van der Waals surface area contributed by atoms with Crippen molar-refractivity contribution in [3.8, 4) is 0 Å². The number of thioether (sulfide) groups is 1. The number of carbonyl (C=O) groups is 2. The van der Waals surface area contributed by atoms with Gasteiger partial charge in [-0.3, -0.25) is 9.59 Å².